The van der Waals surface area contributed by atoms with Gasteiger partial charge in [0.25, 0.3) is 0 Å². The van der Waals surface area contributed by atoms with Crippen LogP contribution >= 0.6 is 0 Å². The number of ketones is 2. The van der Waals surface area contributed by atoms with Crippen molar-refractivity contribution in [3.63, 3.8) is 0 Å². The molecule has 18 heavy (non-hydrogen) atoms. The first-order valence-corrected chi connectivity index (χ1v) is 7.06. The fourth-order valence-corrected chi connectivity index (χ4v) is 7.72. The van der Waals surface area contributed by atoms with Crippen LogP contribution in [-0.4, -0.2) is 11.6 Å². The van der Waals surface area contributed by atoms with Crippen LogP contribution in [0.4, 0.5) is 0 Å². The maximum absolute atomic E-state index is 13.0. The second kappa shape index (κ2) is 1.90. The van der Waals surface area contributed by atoms with E-state index in [1.54, 1.807) is 0 Å². The minimum absolute atomic E-state index is 0.0584. The Bertz CT molecular complexity index is 643. The van der Waals surface area contributed by atoms with Crippen molar-refractivity contribution < 1.29 is 9.59 Å². The predicted octanol–water partition coefficient (Wildman–Crippen LogP) is 1.77. The van der Waals surface area contributed by atoms with Crippen LogP contribution in [0.1, 0.15) is 13.3 Å². The van der Waals surface area contributed by atoms with E-state index in [-0.39, 0.29) is 17.3 Å². The van der Waals surface area contributed by atoms with Gasteiger partial charge in [0.2, 0.25) is 0 Å². The first-order valence-electron chi connectivity index (χ1n) is 7.06. The zero-order valence-corrected chi connectivity index (χ0v) is 10.2. The molecule has 0 aliphatic heterocycles. The lowest BCUT2D eigenvalue weighted by atomic mass is 9.37. The van der Waals surface area contributed by atoms with Crippen LogP contribution < -0.4 is 0 Å². The second-order valence-electron chi connectivity index (χ2n) is 7.57. The van der Waals surface area contributed by atoms with Crippen molar-refractivity contribution in [2.24, 2.45) is 45.8 Å². The van der Waals surface area contributed by atoms with E-state index in [1.807, 2.05) is 12.2 Å². The molecule has 2 bridgehead atoms. The average molecular weight is 238 g/mol. The topological polar surface area (TPSA) is 34.1 Å². The third-order valence-corrected chi connectivity index (χ3v) is 7.67. The Kier molecular flexibility index (Phi) is 0.931. The Balaban J connectivity index is 1.83. The molecule has 8 unspecified atom stereocenters. The van der Waals surface area contributed by atoms with Crippen LogP contribution in [0.15, 0.2) is 24.3 Å². The minimum atomic E-state index is -0.412. The molecule has 0 aromatic heterocycles. The summed E-state index contributed by atoms with van der Waals surface area (Å²) in [6, 6.07) is 0. The molecule has 0 saturated heterocycles. The Morgan fingerprint density at radius 2 is 1.83 bits per heavy atom. The van der Waals surface area contributed by atoms with Gasteiger partial charge < -0.3 is 0 Å². The summed E-state index contributed by atoms with van der Waals surface area (Å²) >= 11 is 0. The monoisotopic (exact) mass is 238 g/mol. The molecule has 0 amide bonds. The van der Waals surface area contributed by atoms with Gasteiger partial charge in [0.15, 0.2) is 0 Å². The summed E-state index contributed by atoms with van der Waals surface area (Å²) in [5, 5.41) is 0. The van der Waals surface area contributed by atoms with E-state index in [4.69, 9.17) is 0 Å². The molecule has 90 valence electrons. The lowest BCUT2D eigenvalue weighted by Crippen LogP contribution is -2.67. The van der Waals surface area contributed by atoms with Crippen molar-refractivity contribution in [3.05, 3.63) is 24.3 Å². The van der Waals surface area contributed by atoms with Crippen molar-refractivity contribution in [1.82, 2.24) is 0 Å². The standard InChI is InChI=1S/C16H14O2/c1-14-6-7-8-10(14)13(18)16-5-3-2-4-15(16,12(8)17)9(7)11(14)16/h2-5,7-11H,6H2,1H3. The largest absolute Gasteiger partial charge is 0.298 e. The molecule has 0 heterocycles. The quantitative estimate of drug-likeness (QED) is 0.644. The molecule has 6 aliphatic carbocycles. The number of rotatable bonds is 0. The summed E-state index contributed by atoms with van der Waals surface area (Å²) in [5.74, 6) is 2.45. The van der Waals surface area contributed by atoms with Crippen LogP contribution in [0, 0.1) is 45.8 Å². The molecular formula is C16H14O2. The fourth-order valence-electron chi connectivity index (χ4n) is 7.72. The zero-order valence-electron chi connectivity index (χ0n) is 10.2. The molecule has 5 fully saturated rings. The molecule has 8 atom stereocenters. The van der Waals surface area contributed by atoms with Crippen LogP contribution in [0.25, 0.3) is 0 Å². The van der Waals surface area contributed by atoms with Gasteiger partial charge in [0, 0.05) is 11.8 Å². The summed E-state index contributed by atoms with van der Waals surface area (Å²) in [6.07, 6.45) is 9.31. The van der Waals surface area contributed by atoms with Crippen LogP contribution in [0.5, 0.6) is 0 Å². The average Bonchev–Trinajstić information content (AvgIpc) is 2.78. The summed E-state index contributed by atoms with van der Waals surface area (Å²) in [6.45, 7) is 2.29. The molecule has 2 nitrogen and oxygen atoms in total. The molecule has 0 radical (unpaired) electrons. The van der Waals surface area contributed by atoms with Crippen LogP contribution in [-0.2, 0) is 9.59 Å². The summed E-state index contributed by atoms with van der Waals surface area (Å²) in [5.41, 5.74) is -0.670. The lowest BCUT2D eigenvalue weighted by Gasteiger charge is -2.62. The van der Waals surface area contributed by atoms with E-state index in [0.717, 1.165) is 6.42 Å². The normalized spacial score (nSPS) is 71.3. The maximum Gasteiger partial charge on any atom is 0.148 e. The molecule has 0 aromatic rings. The highest BCUT2D eigenvalue weighted by Gasteiger charge is 2.97. The van der Waals surface area contributed by atoms with Gasteiger partial charge in [-0.25, -0.2) is 0 Å². The van der Waals surface area contributed by atoms with Crippen molar-refractivity contribution in [1.29, 1.82) is 0 Å². The second-order valence-corrected chi connectivity index (χ2v) is 7.57. The van der Waals surface area contributed by atoms with Crippen molar-refractivity contribution in [2.75, 3.05) is 0 Å². The highest BCUT2D eigenvalue weighted by atomic mass is 16.2. The Hall–Kier alpha value is -1.18. The van der Waals surface area contributed by atoms with E-state index >= 15 is 0 Å². The van der Waals surface area contributed by atoms with Crippen molar-refractivity contribution in [2.45, 2.75) is 13.3 Å². The number of Topliss-reactive ketones (excluding diaryl/α,β-unsaturated/α-hetero) is 2. The van der Waals surface area contributed by atoms with E-state index in [0.29, 0.717) is 29.3 Å². The van der Waals surface area contributed by atoms with Gasteiger partial charge >= 0.3 is 0 Å². The Labute approximate surface area is 105 Å². The molecule has 2 heteroatoms. The number of fused-ring (bicyclic) bond motifs is 1. The van der Waals surface area contributed by atoms with Gasteiger partial charge in [0.1, 0.15) is 11.6 Å². The van der Waals surface area contributed by atoms with Crippen LogP contribution in [0.2, 0.25) is 0 Å². The molecule has 0 aromatic carbocycles. The van der Waals surface area contributed by atoms with Gasteiger partial charge in [-0.15, -0.1) is 0 Å². The predicted molar refractivity (Wildman–Crippen MR) is 63.3 cm³/mol. The highest BCUT2D eigenvalue weighted by molar-refractivity contribution is 6.14. The number of carbonyl (C=O) groups is 2. The lowest BCUT2D eigenvalue weighted by molar-refractivity contribution is -0.168. The van der Waals surface area contributed by atoms with Gasteiger partial charge in [0.05, 0.1) is 10.8 Å². The maximum atomic E-state index is 13.0. The third kappa shape index (κ3) is 0.423. The van der Waals surface area contributed by atoms with Crippen LogP contribution in [0.3, 0.4) is 0 Å². The van der Waals surface area contributed by atoms with E-state index < -0.39 is 10.8 Å². The van der Waals surface area contributed by atoms with E-state index in [2.05, 4.69) is 19.1 Å². The smallest absolute Gasteiger partial charge is 0.148 e. The molecule has 5 saturated carbocycles. The molecule has 6 aliphatic rings. The molecular weight excluding hydrogens is 224 g/mol. The number of hydrogen-bond donors (Lipinski definition) is 0. The van der Waals surface area contributed by atoms with Gasteiger partial charge in [-0.1, -0.05) is 31.2 Å². The first kappa shape index (κ1) is 8.84. The van der Waals surface area contributed by atoms with Gasteiger partial charge in [-0.3, -0.25) is 9.59 Å². The summed E-state index contributed by atoms with van der Waals surface area (Å²) in [4.78, 5) is 25.9. The first-order chi connectivity index (χ1) is 8.61. The Morgan fingerprint density at radius 1 is 1.11 bits per heavy atom. The number of hydrogen-bond acceptors (Lipinski definition) is 2. The Morgan fingerprint density at radius 3 is 2.61 bits per heavy atom. The van der Waals surface area contributed by atoms with Gasteiger partial charge in [-0.2, -0.15) is 0 Å². The van der Waals surface area contributed by atoms with Crippen molar-refractivity contribution in [3.8, 4) is 0 Å². The molecule has 6 rings (SSSR count). The van der Waals surface area contributed by atoms with E-state index in [9.17, 15) is 9.59 Å². The number of allylic oxidation sites excluding steroid dienone is 4. The minimum Gasteiger partial charge on any atom is -0.298 e. The summed E-state index contributed by atoms with van der Waals surface area (Å²) in [7, 11) is 0. The third-order valence-electron chi connectivity index (χ3n) is 7.67. The number of carbonyl (C=O) groups excluding carboxylic acids is 2. The SMILES string of the molecule is CC12CC3C4C(=O)C56C=CC=CC5(C(=O)C41)C2C36. The summed E-state index contributed by atoms with van der Waals surface area (Å²) < 4.78 is 0. The van der Waals surface area contributed by atoms with Crippen molar-refractivity contribution >= 4 is 11.6 Å². The zero-order chi connectivity index (χ0) is 12.1. The fraction of sp³-hybridized carbons (Fsp3) is 0.625. The van der Waals surface area contributed by atoms with E-state index in [1.165, 1.54) is 0 Å². The molecule has 0 N–H and O–H groups in total. The highest BCUT2D eigenvalue weighted by Crippen LogP contribution is 2.94. The molecule has 2 spiro atoms. The van der Waals surface area contributed by atoms with Gasteiger partial charge in [-0.05, 0) is 29.6 Å².